The Balaban J connectivity index is 6.25. The van der Waals surface area contributed by atoms with Crippen LogP contribution in [0.4, 0.5) is 0 Å². The van der Waals surface area contributed by atoms with Crippen molar-refractivity contribution in [1.82, 2.24) is 0 Å². The van der Waals surface area contributed by atoms with Gasteiger partial charge in [0.15, 0.2) is 25.0 Å². The molecule has 314 valence electrons. The molecule has 11 heteroatoms. The van der Waals surface area contributed by atoms with E-state index in [0.29, 0.717) is 6.42 Å². The second kappa shape index (κ2) is 22.8. The highest BCUT2D eigenvalue weighted by Crippen LogP contribution is 2.42. The van der Waals surface area contributed by atoms with Crippen LogP contribution in [-0.2, 0) is 27.6 Å². The van der Waals surface area contributed by atoms with Gasteiger partial charge in [-0.15, -0.1) is 0 Å². The number of esters is 1. The highest BCUT2D eigenvalue weighted by atomic mass is 127. The highest BCUT2D eigenvalue weighted by Gasteiger charge is 2.44. The fraction of sp³-hybridized carbons (Fsp3) is 0.767. The van der Waals surface area contributed by atoms with Crippen LogP contribution < -0.4 is 0 Å². The van der Waals surface area contributed by atoms with Crippen molar-refractivity contribution in [2.24, 2.45) is 11.8 Å². The Labute approximate surface area is 358 Å². The van der Waals surface area contributed by atoms with Crippen molar-refractivity contribution >= 4 is 75.2 Å². The van der Waals surface area contributed by atoms with Crippen LogP contribution in [0, 0.1) is 11.8 Å². The number of carbonyl (C=O) groups excluding carboxylic acids is 2. The molecule has 0 saturated carbocycles. The summed E-state index contributed by atoms with van der Waals surface area (Å²) in [7, 11) is -6.31. The SMILES string of the molecule is CCOC(=O)CC(=O)[C@H](C)[C@H](CC/C(C)=C/C/C=C(Br)/C=C/[C@@H](O[Si](C)(C)C(C)(C)C)[C@H](C)[C@H](/C=C/CI)O[Si](C)(C)C(C)(C)C)O[Si](C)(C)C(C)(C)C. The minimum Gasteiger partial charge on any atom is -0.466 e. The van der Waals surface area contributed by atoms with Gasteiger partial charge in [0.25, 0.3) is 0 Å². The van der Waals surface area contributed by atoms with Crippen LogP contribution in [-0.4, -0.2) is 66.1 Å². The highest BCUT2D eigenvalue weighted by molar-refractivity contribution is 14.1. The van der Waals surface area contributed by atoms with Crippen LogP contribution in [0.1, 0.15) is 116 Å². The van der Waals surface area contributed by atoms with E-state index in [9.17, 15) is 9.59 Å². The second-order valence-electron chi connectivity index (χ2n) is 19.6. The first-order valence-electron chi connectivity index (χ1n) is 20.0. The number of halogens is 2. The van der Waals surface area contributed by atoms with Crippen molar-refractivity contribution < 1.29 is 27.6 Å². The number of Topliss-reactive ketones (excluding diaryl/α,β-unsaturated/α-hetero) is 1. The molecule has 0 unspecified atom stereocenters. The maximum Gasteiger partial charge on any atom is 0.313 e. The third-order valence-electron chi connectivity index (χ3n) is 11.9. The smallest absolute Gasteiger partial charge is 0.313 e. The lowest BCUT2D eigenvalue weighted by Gasteiger charge is -2.44. The van der Waals surface area contributed by atoms with Gasteiger partial charge in [0, 0.05) is 20.7 Å². The third-order valence-corrected chi connectivity index (χ3v) is 26.5. The molecule has 0 bridgehead atoms. The molecule has 54 heavy (non-hydrogen) atoms. The minimum atomic E-state index is -2.16. The number of ether oxygens (including phenoxy) is 1. The first-order valence-corrected chi connectivity index (χ1v) is 31.0. The van der Waals surface area contributed by atoms with Gasteiger partial charge >= 0.3 is 5.97 Å². The quantitative estimate of drug-likeness (QED) is 0.0205. The first-order chi connectivity index (χ1) is 24.3. The van der Waals surface area contributed by atoms with Gasteiger partial charge < -0.3 is 18.0 Å². The summed E-state index contributed by atoms with van der Waals surface area (Å²) < 4.78 is 28.0. The summed E-state index contributed by atoms with van der Waals surface area (Å²) in [6, 6.07) is 0. The van der Waals surface area contributed by atoms with Gasteiger partial charge in [0.05, 0.1) is 24.9 Å². The van der Waals surface area contributed by atoms with Crippen LogP contribution >= 0.6 is 38.5 Å². The van der Waals surface area contributed by atoms with Gasteiger partial charge in [-0.3, -0.25) is 9.59 Å². The molecular weight excluding hydrogens is 904 g/mol. The molecule has 0 aliphatic rings. The normalized spacial score (nSPS) is 17.5. The molecule has 0 aromatic heterocycles. The number of alkyl halides is 1. The Morgan fingerprint density at radius 2 is 1.22 bits per heavy atom. The predicted molar refractivity (Wildman–Crippen MR) is 253 cm³/mol. The number of hydrogen-bond acceptors (Lipinski definition) is 6. The fourth-order valence-corrected chi connectivity index (χ4v) is 9.56. The molecule has 0 radical (unpaired) electrons. The average molecular weight is 984 g/mol. The van der Waals surface area contributed by atoms with E-state index in [4.69, 9.17) is 18.0 Å². The Hall–Kier alpha value is -0.159. The molecular formula is C43H80BrIO6Si3. The molecule has 0 spiro atoms. The largest absolute Gasteiger partial charge is 0.466 e. The maximum absolute atomic E-state index is 13.1. The van der Waals surface area contributed by atoms with E-state index >= 15 is 0 Å². The van der Waals surface area contributed by atoms with Crippen LogP contribution in [0.15, 0.2) is 46.5 Å². The Morgan fingerprint density at radius 3 is 1.67 bits per heavy atom. The van der Waals surface area contributed by atoms with Crippen molar-refractivity contribution in [3.05, 3.63) is 46.5 Å². The van der Waals surface area contributed by atoms with E-state index in [1.54, 1.807) is 6.92 Å². The Morgan fingerprint density at radius 1 is 0.759 bits per heavy atom. The van der Waals surface area contributed by atoms with Crippen molar-refractivity contribution in [2.75, 3.05) is 11.0 Å². The lowest BCUT2D eigenvalue weighted by molar-refractivity contribution is -0.146. The molecule has 6 nitrogen and oxygen atoms in total. The summed E-state index contributed by atoms with van der Waals surface area (Å²) in [6.45, 7) is 42.4. The lowest BCUT2D eigenvalue weighted by Crippen LogP contribution is -2.49. The zero-order valence-electron chi connectivity index (χ0n) is 37.8. The van der Waals surface area contributed by atoms with Crippen LogP contribution in [0.3, 0.4) is 0 Å². The first kappa shape index (κ1) is 53.8. The molecule has 0 fully saturated rings. The molecule has 0 aromatic rings. The number of carbonyl (C=O) groups is 2. The number of hydrogen-bond donors (Lipinski definition) is 0. The minimum absolute atomic E-state index is 0.00173. The molecule has 0 aliphatic carbocycles. The Bertz CT molecular complexity index is 1300. The topological polar surface area (TPSA) is 71.1 Å². The fourth-order valence-electron chi connectivity index (χ4n) is 4.84. The average Bonchev–Trinajstić information content (AvgIpc) is 3.00. The molecule has 0 amide bonds. The van der Waals surface area contributed by atoms with E-state index in [-0.39, 0.29) is 58.2 Å². The lowest BCUT2D eigenvalue weighted by atomic mass is 9.93. The summed E-state index contributed by atoms with van der Waals surface area (Å²) in [5.74, 6) is -0.883. The van der Waals surface area contributed by atoms with Crippen molar-refractivity contribution in [1.29, 1.82) is 0 Å². The second-order valence-corrected chi connectivity index (χ2v) is 35.6. The molecule has 0 aliphatic heterocycles. The molecule has 5 atom stereocenters. The summed E-state index contributed by atoms with van der Waals surface area (Å²) in [6.07, 6.45) is 14.9. The number of allylic oxidation sites excluding steroid dienone is 6. The summed E-state index contributed by atoms with van der Waals surface area (Å²) in [5, 5.41) is 0.176. The third kappa shape index (κ3) is 18.6. The maximum atomic E-state index is 13.1. The van der Waals surface area contributed by atoms with E-state index in [1.807, 2.05) is 6.92 Å². The van der Waals surface area contributed by atoms with Crippen LogP contribution in [0.2, 0.25) is 54.4 Å². The number of ketones is 1. The summed E-state index contributed by atoms with van der Waals surface area (Å²) >= 11 is 6.22. The van der Waals surface area contributed by atoms with Gasteiger partial charge in [0.2, 0.25) is 0 Å². The molecule has 0 N–H and O–H groups in total. The van der Waals surface area contributed by atoms with Crippen molar-refractivity contribution in [3.63, 3.8) is 0 Å². The van der Waals surface area contributed by atoms with Crippen LogP contribution in [0.5, 0.6) is 0 Å². The van der Waals surface area contributed by atoms with Gasteiger partial charge in [-0.05, 0) is 93.6 Å². The Kier molecular flexibility index (Phi) is 22.8. The molecule has 0 rings (SSSR count). The standard InChI is InChI=1S/C43H80BrIO6Si3/c1-20-48-40(47)31-36(46)33(3)38(50-53(16,17)42(8,9)10)28-26-32(2)23-21-24-35(44)27-29-39(51-54(18,19)43(11,12)13)34(4)37(25-22-30-45)49-52(14,15)41(5,6)7/h22-25,27,29,33-34,37-39H,20-21,26,28,30-31H2,1-19H3/b25-22+,29-27+,32-23+,35-24-/t33-,34+,37-,38-,39+/m0/s1. The monoisotopic (exact) mass is 982 g/mol. The van der Waals surface area contributed by atoms with Gasteiger partial charge in [-0.2, -0.15) is 0 Å². The van der Waals surface area contributed by atoms with Crippen molar-refractivity contribution in [3.8, 4) is 0 Å². The predicted octanol–water partition coefficient (Wildman–Crippen LogP) is 13.9. The summed E-state index contributed by atoms with van der Waals surface area (Å²) in [5.41, 5.74) is 1.24. The van der Waals surface area contributed by atoms with E-state index in [1.165, 1.54) is 5.57 Å². The summed E-state index contributed by atoms with van der Waals surface area (Å²) in [4.78, 5) is 25.3. The van der Waals surface area contributed by atoms with Gasteiger partial charge in [0.1, 0.15) is 12.2 Å². The van der Waals surface area contributed by atoms with E-state index in [0.717, 1.165) is 21.8 Å². The molecule has 0 aromatic carbocycles. The van der Waals surface area contributed by atoms with E-state index < -0.39 is 36.8 Å². The van der Waals surface area contributed by atoms with E-state index in [2.05, 4.69) is 190 Å². The number of rotatable bonds is 22. The van der Waals surface area contributed by atoms with Crippen molar-refractivity contribution in [2.45, 2.75) is 188 Å². The zero-order chi connectivity index (χ0) is 42.5. The van der Waals surface area contributed by atoms with Crippen LogP contribution in [0.25, 0.3) is 0 Å². The molecule has 0 heterocycles. The van der Waals surface area contributed by atoms with Gasteiger partial charge in [-0.1, -0.05) is 151 Å². The van der Waals surface area contributed by atoms with Gasteiger partial charge in [-0.25, -0.2) is 0 Å². The molecule has 0 saturated heterocycles. The zero-order valence-corrected chi connectivity index (χ0v) is 44.5.